The van der Waals surface area contributed by atoms with Crippen LogP contribution in [0.4, 0.5) is 0 Å². The summed E-state index contributed by atoms with van der Waals surface area (Å²) in [7, 11) is 0. The van der Waals surface area contributed by atoms with Crippen LogP contribution in [0.5, 0.6) is 5.75 Å². The monoisotopic (exact) mass is 326 g/mol. The fourth-order valence-corrected chi connectivity index (χ4v) is 4.68. The Morgan fingerprint density at radius 3 is 2.40 bits per heavy atom. The van der Waals surface area contributed by atoms with Gasteiger partial charge in [0.05, 0.1) is 0 Å². The molecule has 0 aromatic heterocycles. The summed E-state index contributed by atoms with van der Waals surface area (Å²) in [6, 6.07) is 16.7. The van der Waals surface area contributed by atoms with Gasteiger partial charge in [-0.25, -0.2) is 0 Å². The van der Waals surface area contributed by atoms with Crippen molar-refractivity contribution in [3.8, 4) is 16.9 Å². The molecule has 0 radical (unpaired) electrons. The molecule has 1 nitrogen and oxygen atoms in total. The average molecular weight is 326 g/mol. The zero-order chi connectivity index (χ0) is 10.3. The summed E-state index contributed by atoms with van der Waals surface area (Å²) in [6.45, 7) is 0. The minimum atomic E-state index is -0.524. The highest BCUT2D eigenvalue weighted by atomic mass is 127. The van der Waals surface area contributed by atoms with E-state index >= 15 is 0 Å². The summed E-state index contributed by atoms with van der Waals surface area (Å²) in [4.78, 5) is 0. The van der Waals surface area contributed by atoms with Gasteiger partial charge in [-0.15, -0.1) is 0 Å². The smallest absolute Gasteiger partial charge is 0.183 e. The number of hydrogen-bond donors (Lipinski definition) is 0. The highest BCUT2D eigenvalue weighted by Crippen LogP contribution is 2.53. The molecule has 0 aliphatic carbocycles. The molecular weight excluding hydrogens is 318 g/mol. The van der Waals surface area contributed by atoms with E-state index in [1.807, 2.05) is 12.1 Å². The van der Waals surface area contributed by atoms with Crippen LogP contribution in [0.25, 0.3) is 11.1 Å². The third-order valence-corrected chi connectivity index (χ3v) is 5.73. The Kier molecular flexibility index (Phi) is 2.41. The van der Waals surface area contributed by atoms with E-state index in [2.05, 4.69) is 58.4 Å². The molecular formula is C12H8IOP. The number of rotatable bonds is 0. The van der Waals surface area contributed by atoms with Gasteiger partial charge in [0.1, 0.15) is 5.75 Å². The van der Waals surface area contributed by atoms with Crippen LogP contribution in [-0.4, -0.2) is 0 Å². The van der Waals surface area contributed by atoms with Crippen molar-refractivity contribution in [1.29, 1.82) is 0 Å². The number of fused-ring (bicyclic) bond motifs is 3. The first-order valence-electron chi connectivity index (χ1n) is 4.68. The van der Waals surface area contributed by atoms with Gasteiger partial charge in [0.2, 0.25) is 0 Å². The number of para-hydroxylation sites is 1. The average Bonchev–Trinajstić information content (AvgIpc) is 2.30. The Morgan fingerprint density at radius 1 is 0.867 bits per heavy atom. The van der Waals surface area contributed by atoms with Crippen molar-refractivity contribution in [2.24, 2.45) is 0 Å². The highest BCUT2D eigenvalue weighted by Gasteiger charge is 2.23. The molecule has 0 amide bonds. The molecule has 0 spiro atoms. The molecule has 1 unspecified atom stereocenters. The number of hydrogen-bond acceptors (Lipinski definition) is 1. The molecule has 15 heavy (non-hydrogen) atoms. The van der Waals surface area contributed by atoms with Gasteiger partial charge < -0.3 is 4.52 Å². The van der Waals surface area contributed by atoms with Gasteiger partial charge in [0.25, 0.3) is 0 Å². The maximum atomic E-state index is 5.91. The third-order valence-electron chi connectivity index (χ3n) is 2.45. The second kappa shape index (κ2) is 3.76. The van der Waals surface area contributed by atoms with E-state index in [0.717, 1.165) is 5.75 Å². The van der Waals surface area contributed by atoms with E-state index in [4.69, 9.17) is 4.52 Å². The highest BCUT2D eigenvalue weighted by molar-refractivity contribution is 14.2. The molecule has 1 heterocycles. The van der Waals surface area contributed by atoms with Crippen LogP contribution in [-0.2, 0) is 0 Å². The Hall–Kier alpha value is -0.600. The third kappa shape index (κ3) is 1.56. The molecule has 1 aliphatic rings. The molecule has 3 heteroatoms. The van der Waals surface area contributed by atoms with Crippen molar-refractivity contribution in [1.82, 2.24) is 0 Å². The number of benzene rings is 2. The van der Waals surface area contributed by atoms with E-state index in [9.17, 15) is 0 Å². The summed E-state index contributed by atoms with van der Waals surface area (Å²) in [5.74, 6) is 0.487. The van der Waals surface area contributed by atoms with Crippen LogP contribution in [0, 0.1) is 0 Å². The van der Waals surface area contributed by atoms with Crippen LogP contribution in [0.1, 0.15) is 0 Å². The Labute approximate surface area is 103 Å². The van der Waals surface area contributed by atoms with Crippen molar-refractivity contribution in [2.75, 3.05) is 0 Å². The van der Waals surface area contributed by atoms with Crippen LogP contribution in [0.15, 0.2) is 48.5 Å². The van der Waals surface area contributed by atoms with E-state index in [0.29, 0.717) is 0 Å². The fraction of sp³-hybridized carbons (Fsp3) is 0. The molecule has 1 atom stereocenters. The van der Waals surface area contributed by atoms with Crippen LogP contribution in [0.2, 0.25) is 0 Å². The number of halogens is 1. The SMILES string of the molecule is IP1Oc2ccccc2-c2ccccc21. The van der Waals surface area contributed by atoms with Gasteiger partial charge in [-0.05, 0) is 39.7 Å². The molecule has 0 N–H and O–H groups in total. The van der Waals surface area contributed by atoms with Gasteiger partial charge in [-0.3, -0.25) is 0 Å². The maximum Gasteiger partial charge on any atom is 0.183 e. The van der Waals surface area contributed by atoms with Gasteiger partial charge in [0, 0.05) is 10.9 Å². The quantitative estimate of drug-likeness (QED) is 0.523. The molecule has 0 bridgehead atoms. The first-order valence-corrected chi connectivity index (χ1v) is 8.73. The second-order valence-corrected chi connectivity index (χ2v) is 7.13. The van der Waals surface area contributed by atoms with Gasteiger partial charge in [0.15, 0.2) is 5.79 Å². The van der Waals surface area contributed by atoms with Crippen molar-refractivity contribution in [3.05, 3.63) is 48.5 Å². The summed E-state index contributed by atoms with van der Waals surface area (Å²) in [6.07, 6.45) is 0. The predicted molar refractivity (Wildman–Crippen MR) is 73.1 cm³/mol. The molecule has 1 aliphatic heterocycles. The zero-order valence-corrected chi connectivity index (χ0v) is 10.9. The molecule has 0 saturated heterocycles. The molecule has 2 aromatic carbocycles. The van der Waals surface area contributed by atoms with Crippen molar-refractivity contribution in [2.45, 2.75) is 0 Å². The lowest BCUT2D eigenvalue weighted by molar-refractivity contribution is 0.636. The fourth-order valence-electron chi connectivity index (χ4n) is 1.76. The van der Waals surface area contributed by atoms with E-state index in [1.165, 1.54) is 16.4 Å². The molecule has 3 rings (SSSR count). The second-order valence-electron chi connectivity index (χ2n) is 3.35. The normalized spacial score (nSPS) is 17.5. The Balaban J connectivity index is 2.30. The summed E-state index contributed by atoms with van der Waals surface area (Å²) < 4.78 is 5.91. The topological polar surface area (TPSA) is 9.23 Å². The van der Waals surface area contributed by atoms with Crippen LogP contribution < -0.4 is 9.83 Å². The minimum Gasteiger partial charge on any atom is -0.458 e. The van der Waals surface area contributed by atoms with Gasteiger partial charge in [-0.2, -0.15) is 0 Å². The van der Waals surface area contributed by atoms with E-state index < -0.39 is 5.79 Å². The summed E-state index contributed by atoms with van der Waals surface area (Å²) >= 11 is 2.39. The van der Waals surface area contributed by atoms with E-state index in [-0.39, 0.29) is 0 Å². The predicted octanol–water partition coefficient (Wildman–Crippen LogP) is 4.12. The summed E-state index contributed by atoms with van der Waals surface area (Å²) in [5.41, 5.74) is 2.53. The molecule has 0 saturated carbocycles. The van der Waals surface area contributed by atoms with Crippen molar-refractivity contribution >= 4 is 33.1 Å². The zero-order valence-electron chi connectivity index (χ0n) is 7.85. The minimum absolute atomic E-state index is 0.524. The molecule has 2 aromatic rings. The lowest BCUT2D eigenvalue weighted by Gasteiger charge is -2.23. The maximum absolute atomic E-state index is 5.91. The largest absolute Gasteiger partial charge is 0.458 e. The van der Waals surface area contributed by atoms with Crippen LogP contribution >= 0.6 is 27.8 Å². The lowest BCUT2D eigenvalue weighted by Crippen LogP contribution is -2.10. The standard InChI is InChI=1S/C12H8IOP/c13-15-12-8-4-2-6-10(12)9-5-1-3-7-11(9)14-15/h1-8H. The molecule has 0 fully saturated rings. The Bertz CT molecular complexity index is 512. The van der Waals surface area contributed by atoms with Gasteiger partial charge >= 0.3 is 0 Å². The lowest BCUT2D eigenvalue weighted by atomic mass is 10.0. The summed E-state index contributed by atoms with van der Waals surface area (Å²) in [5, 5.41) is 1.33. The first kappa shape index (κ1) is 9.61. The Morgan fingerprint density at radius 2 is 1.53 bits per heavy atom. The van der Waals surface area contributed by atoms with Gasteiger partial charge in [-0.1, -0.05) is 36.4 Å². The first-order chi connectivity index (χ1) is 7.36. The van der Waals surface area contributed by atoms with E-state index in [1.54, 1.807) is 0 Å². The van der Waals surface area contributed by atoms with Crippen LogP contribution in [0.3, 0.4) is 0 Å². The van der Waals surface area contributed by atoms with Crippen molar-refractivity contribution in [3.63, 3.8) is 0 Å². The molecule has 74 valence electrons. The van der Waals surface area contributed by atoms with Crippen molar-refractivity contribution < 1.29 is 4.52 Å².